The maximum atomic E-state index is 11.7. The third-order valence-electron chi connectivity index (χ3n) is 7.08. The highest BCUT2D eigenvalue weighted by Gasteiger charge is 2.46. The van der Waals surface area contributed by atoms with Crippen molar-refractivity contribution < 1.29 is 24.2 Å². The van der Waals surface area contributed by atoms with Gasteiger partial charge in [-0.3, -0.25) is 9.69 Å². The van der Waals surface area contributed by atoms with Crippen LogP contribution in [0.5, 0.6) is 5.75 Å². The Kier molecular flexibility index (Phi) is 6.98. The van der Waals surface area contributed by atoms with E-state index in [0.29, 0.717) is 36.7 Å². The van der Waals surface area contributed by atoms with Crippen molar-refractivity contribution in [1.82, 2.24) is 9.88 Å². The zero-order chi connectivity index (χ0) is 23.4. The molecule has 1 saturated carbocycles. The molecule has 1 aromatic carbocycles. The van der Waals surface area contributed by atoms with Crippen molar-refractivity contribution in [1.29, 1.82) is 0 Å². The van der Waals surface area contributed by atoms with E-state index in [-0.39, 0.29) is 11.7 Å². The molecule has 0 atom stereocenters. The normalized spacial score (nSPS) is 18.0. The molecule has 0 bridgehead atoms. The molecule has 1 aromatic heterocycles. The van der Waals surface area contributed by atoms with Crippen molar-refractivity contribution in [3.8, 4) is 16.9 Å². The molecule has 0 unspecified atom stereocenters. The van der Waals surface area contributed by atoms with E-state index < -0.39 is 5.97 Å². The number of ether oxygens (including phenoxy) is 2. The lowest BCUT2D eigenvalue weighted by Crippen LogP contribution is -2.49. The summed E-state index contributed by atoms with van der Waals surface area (Å²) in [5.74, 6) is 0.146. The number of carbonyl (C=O) groups is 2. The van der Waals surface area contributed by atoms with Gasteiger partial charge in [-0.1, -0.05) is 18.2 Å². The van der Waals surface area contributed by atoms with Crippen molar-refractivity contribution in [2.45, 2.75) is 39.5 Å². The third-order valence-corrected chi connectivity index (χ3v) is 7.08. The van der Waals surface area contributed by atoms with E-state index in [9.17, 15) is 14.7 Å². The first-order chi connectivity index (χ1) is 15.9. The van der Waals surface area contributed by atoms with Crippen molar-refractivity contribution in [2.75, 3.05) is 32.8 Å². The SMILES string of the molecule is CCOC(=O)CN1CCC2(CC1)CC(COc1cccc(-c3cccnc3C(=O)O)c1C)C2. The Morgan fingerprint density at radius 2 is 1.88 bits per heavy atom. The number of nitrogens with zero attached hydrogens (tertiary/aromatic N) is 2. The maximum Gasteiger partial charge on any atom is 0.355 e. The molecule has 1 aliphatic heterocycles. The summed E-state index contributed by atoms with van der Waals surface area (Å²) in [5.41, 5.74) is 2.80. The number of hydrogen-bond donors (Lipinski definition) is 1. The molecular weight excluding hydrogens is 420 g/mol. The second-order valence-electron chi connectivity index (χ2n) is 9.30. The number of carboxylic acid groups (broad SMARTS) is 1. The van der Waals surface area contributed by atoms with Crippen molar-refractivity contribution in [3.05, 3.63) is 47.8 Å². The minimum atomic E-state index is -1.04. The fourth-order valence-corrected chi connectivity index (χ4v) is 5.33. The number of aromatic carboxylic acids is 1. The first kappa shape index (κ1) is 23.2. The van der Waals surface area contributed by atoms with Crippen molar-refractivity contribution >= 4 is 11.9 Å². The zero-order valence-corrected chi connectivity index (χ0v) is 19.4. The number of piperidine rings is 1. The fraction of sp³-hybridized carbons (Fsp3) is 0.500. The molecular formula is C26H32N2O5. The van der Waals surface area contributed by atoms with E-state index in [4.69, 9.17) is 9.47 Å². The van der Waals surface area contributed by atoms with Crippen LogP contribution in [-0.2, 0) is 9.53 Å². The molecule has 7 heteroatoms. The van der Waals surface area contributed by atoms with Gasteiger partial charge in [0.15, 0.2) is 5.69 Å². The van der Waals surface area contributed by atoms with Gasteiger partial charge in [0.25, 0.3) is 0 Å². The molecule has 1 aliphatic carbocycles. The summed E-state index contributed by atoms with van der Waals surface area (Å²) in [4.78, 5) is 29.5. The lowest BCUT2D eigenvalue weighted by Gasteiger charge is -2.52. The van der Waals surface area contributed by atoms with Crippen molar-refractivity contribution in [2.24, 2.45) is 11.3 Å². The lowest BCUT2D eigenvalue weighted by molar-refractivity contribution is -0.145. The average molecular weight is 453 g/mol. The molecule has 2 fully saturated rings. The monoisotopic (exact) mass is 452 g/mol. The number of pyridine rings is 1. The van der Waals surface area contributed by atoms with Crippen LogP contribution in [0.25, 0.3) is 11.1 Å². The highest BCUT2D eigenvalue weighted by molar-refractivity contribution is 5.94. The van der Waals surface area contributed by atoms with Crippen LogP contribution in [0.4, 0.5) is 0 Å². The molecule has 1 spiro atoms. The van der Waals surface area contributed by atoms with Gasteiger partial charge in [0.1, 0.15) is 5.75 Å². The molecule has 0 amide bonds. The predicted octanol–water partition coefficient (Wildman–Crippen LogP) is 4.19. The summed E-state index contributed by atoms with van der Waals surface area (Å²) in [7, 11) is 0. The van der Waals surface area contributed by atoms with Gasteiger partial charge in [-0.25, -0.2) is 9.78 Å². The maximum absolute atomic E-state index is 11.7. The van der Waals surface area contributed by atoms with Crippen LogP contribution in [0, 0.1) is 18.3 Å². The van der Waals surface area contributed by atoms with Crippen LogP contribution in [0.15, 0.2) is 36.5 Å². The largest absolute Gasteiger partial charge is 0.493 e. The Hall–Kier alpha value is -2.93. The first-order valence-corrected chi connectivity index (χ1v) is 11.7. The Morgan fingerprint density at radius 1 is 1.15 bits per heavy atom. The van der Waals surface area contributed by atoms with Gasteiger partial charge in [-0.15, -0.1) is 0 Å². The Labute approximate surface area is 194 Å². The van der Waals surface area contributed by atoms with Crippen molar-refractivity contribution in [3.63, 3.8) is 0 Å². The number of aromatic nitrogens is 1. The number of carbonyl (C=O) groups excluding carboxylic acids is 1. The number of likely N-dealkylation sites (tertiary alicyclic amines) is 1. The Balaban J connectivity index is 1.31. The standard InChI is InChI=1S/C26H32N2O5/c1-3-32-23(29)16-28-12-9-26(10-13-28)14-19(15-26)17-33-22-8-4-6-20(18(22)2)21-7-5-11-27-24(21)25(30)31/h4-8,11,19H,3,9-10,12-17H2,1-2H3,(H,30,31). The van der Waals surface area contributed by atoms with Gasteiger partial charge in [-0.2, -0.15) is 0 Å². The number of esters is 1. The molecule has 1 N–H and O–H groups in total. The average Bonchev–Trinajstić information content (AvgIpc) is 2.78. The number of hydrogen-bond acceptors (Lipinski definition) is 6. The molecule has 1 saturated heterocycles. The highest BCUT2D eigenvalue weighted by atomic mass is 16.5. The quantitative estimate of drug-likeness (QED) is 0.601. The van der Waals surface area contributed by atoms with Crippen LogP contribution in [0.2, 0.25) is 0 Å². The van der Waals surface area contributed by atoms with Crippen LogP contribution in [0.1, 0.15) is 48.7 Å². The Morgan fingerprint density at radius 3 is 2.58 bits per heavy atom. The number of benzene rings is 1. The highest BCUT2D eigenvalue weighted by Crippen LogP contribution is 2.52. The second kappa shape index (κ2) is 9.91. The summed E-state index contributed by atoms with van der Waals surface area (Å²) in [6.45, 7) is 7.19. The van der Waals surface area contributed by atoms with E-state index >= 15 is 0 Å². The molecule has 0 radical (unpaired) electrons. The lowest BCUT2D eigenvalue weighted by atomic mass is 9.58. The number of rotatable bonds is 8. The molecule has 2 heterocycles. The molecule has 4 rings (SSSR count). The minimum Gasteiger partial charge on any atom is -0.493 e. The van der Waals surface area contributed by atoms with Gasteiger partial charge in [0, 0.05) is 11.8 Å². The number of carboxylic acids is 1. The van der Waals surface area contributed by atoms with E-state index in [0.717, 1.165) is 55.6 Å². The summed E-state index contributed by atoms with van der Waals surface area (Å²) < 4.78 is 11.3. The van der Waals surface area contributed by atoms with E-state index in [2.05, 4.69) is 9.88 Å². The topological polar surface area (TPSA) is 89.0 Å². The summed E-state index contributed by atoms with van der Waals surface area (Å²) in [6.07, 6.45) is 6.05. The summed E-state index contributed by atoms with van der Waals surface area (Å²) >= 11 is 0. The van der Waals surface area contributed by atoms with Crippen LogP contribution >= 0.6 is 0 Å². The predicted molar refractivity (Wildman–Crippen MR) is 124 cm³/mol. The molecule has 2 aliphatic rings. The van der Waals surface area contributed by atoms with E-state index in [1.165, 1.54) is 6.20 Å². The molecule has 2 aromatic rings. The second-order valence-corrected chi connectivity index (χ2v) is 9.30. The molecule has 7 nitrogen and oxygen atoms in total. The van der Waals surface area contributed by atoms with Gasteiger partial charge < -0.3 is 14.6 Å². The molecule has 33 heavy (non-hydrogen) atoms. The Bertz CT molecular complexity index is 1010. The molecule has 176 valence electrons. The summed E-state index contributed by atoms with van der Waals surface area (Å²) in [5, 5.41) is 9.49. The first-order valence-electron chi connectivity index (χ1n) is 11.7. The van der Waals surface area contributed by atoms with Gasteiger partial charge >= 0.3 is 11.9 Å². The van der Waals surface area contributed by atoms with Gasteiger partial charge in [0.05, 0.1) is 19.8 Å². The van der Waals surface area contributed by atoms with Gasteiger partial charge in [0.2, 0.25) is 0 Å². The zero-order valence-electron chi connectivity index (χ0n) is 19.4. The van der Waals surface area contributed by atoms with E-state index in [1.54, 1.807) is 12.1 Å². The van der Waals surface area contributed by atoms with Crippen LogP contribution < -0.4 is 4.74 Å². The van der Waals surface area contributed by atoms with Crippen LogP contribution in [-0.4, -0.2) is 59.8 Å². The fourth-order valence-electron chi connectivity index (χ4n) is 5.33. The van der Waals surface area contributed by atoms with Crippen LogP contribution in [0.3, 0.4) is 0 Å². The minimum absolute atomic E-state index is 0.0491. The summed E-state index contributed by atoms with van der Waals surface area (Å²) in [6, 6.07) is 9.29. The smallest absolute Gasteiger partial charge is 0.355 e. The van der Waals surface area contributed by atoms with E-state index in [1.807, 2.05) is 32.0 Å². The van der Waals surface area contributed by atoms with Gasteiger partial charge in [-0.05, 0) is 87.2 Å². The third kappa shape index (κ3) is 5.19.